The number of aromatic amines is 1. The fourth-order valence-corrected chi connectivity index (χ4v) is 3.44. The number of fused-ring (bicyclic) bond motifs is 1. The maximum absolute atomic E-state index is 12.9. The van der Waals surface area contributed by atoms with Gasteiger partial charge in [-0.05, 0) is 31.0 Å². The molecule has 1 aliphatic heterocycles. The Morgan fingerprint density at radius 2 is 2.16 bits per heavy atom. The lowest BCUT2D eigenvalue weighted by molar-refractivity contribution is 0.0729. The minimum Gasteiger partial charge on any atom is -0.340 e. The monoisotopic (exact) mass is 355 g/mol. The molecule has 0 radical (unpaired) electrons. The lowest BCUT2D eigenvalue weighted by atomic mass is 10.2. The van der Waals surface area contributed by atoms with Crippen molar-refractivity contribution in [3.63, 3.8) is 0 Å². The summed E-state index contributed by atoms with van der Waals surface area (Å²) in [5.74, 6) is 1.49. The second-order valence-corrected chi connectivity index (χ2v) is 6.62. The second kappa shape index (κ2) is 6.44. The van der Waals surface area contributed by atoms with Gasteiger partial charge in [0.15, 0.2) is 0 Å². The molecule has 1 unspecified atom stereocenters. The van der Waals surface area contributed by atoms with E-state index in [1.54, 1.807) is 12.4 Å². The Labute approximate surface area is 150 Å². The number of hydrogen-bond acceptors (Lipinski definition) is 4. The summed E-state index contributed by atoms with van der Waals surface area (Å²) in [7, 11) is 0. The van der Waals surface area contributed by atoms with Crippen LogP contribution in [0.15, 0.2) is 30.6 Å². The van der Waals surface area contributed by atoms with Gasteiger partial charge in [0.25, 0.3) is 5.91 Å². The predicted octanol–water partition coefficient (Wildman–Crippen LogP) is 3.55. The van der Waals surface area contributed by atoms with Crippen LogP contribution in [-0.4, -0.2) is 37.3 Å². The average Bonchev–Trinajstić information content (AvgIpc) is 3.27. The number of aryl methyl sites for hydroxylation is 1. The van der Waals surface area contributed by atoms with Gasteiger partial charge in [-0.2, -0.15) is 0 Å². The number of aromatic nitrogens is 4. The van der Waals surface area contributed by atoms with E-state index < -0.39 is 0 Å². The number of hydrogen-bond donors (Lipinski definition) is 1. The van der Waals surface area contributed by atoms with E-state index in [1.165, 1.54) is 0 Å². The number of amides is 1. The van der Waals surface area contributed by atoms with E-state index in [1.807, 2.05) is 30.0 Å². The molecule has 7 heteroatoms. The summed E-state index contributed by atoms with van der Waals surface area (Å²) in [6.07, 6.45) is 5.81. The van der Waals surface area contributed by atoms with Gasteiger partial charge >= 0.3 is 0 Å². The molecule has 1 aromatic carbocycles. The Kier molecular flexibility index (Phi) is 4.13. The summed E-state index contributed by atoms with van der Waals surface area (Å²) >= 11 is 6.05. The van der Waals surface area contributed by atoms with Crippen molar-refractivity contribution in [3.8, 4) is 0 Å². The summed E-state index contributed by atoms with van der Waals surface area (Å²) in [5.41, 5.74) is 2.26. The molecule has 0 spiro atoms. The van der Waals surface area contributed by atoms with Crippen molar-refractivity contribution >= 4 is 28.5 Å². The van der Waals surface area contributed by atoms with Gasteiger partial charge in [0.2, 0.25) is 0 Å². The second-order valence-electron chi connectivity index (χ2n) is 6.18. The number of benzene rings is 1. The van der Waals surface area contributed by atoms with Crippen LogP contribution in [0.2, 0.25) is 5.02 Å². The molecule has 1 N–H and O–H groups in total. The number of carbonyl (C=O) groups excluding carboxylic acids is 1. The first-order valence-corrected chi connectivity index (χ1v) is 8.80. The van der Waals surface area contributed by atoms with Gasteiger partial charge in [0.05, 0.1) is 22.6 Å². The van der Waals surface area contributed by atoms with Crippen molar-refractivity contribution in [3.05, 3.63) is 52.8 Å². The Balaban J connectivity index is 1.63. The highest BCUT2D eigenvalue weighted by Gasteiger charge is 2.33. The summed E-state index contributed by atoms with van der Waals surface area (Å²) < 4.78 is 0. The molecule has 0 saturated carbocycles. The molecule has 3 aromatic rings. The van der Waals surface area contributed by atoms with Crippen LogP contribution in [0.3, 0.4) is 0 Å². The zero-order valence-electron chi connectivity index (χ0n) is 13.9. The highest BCUT2D eigenvalue weighted by molar-refractivity contribution is 6.31. The van der Waals surface area contributed by atoms with Gasteiger partial charge < -0.3 is 9.88 Å². The highest BCUT2D eigenvalue weighted by Crippen LogP contribution is 2.32. The first-order valence-electron chi connectivity index (χ1n) is 8.42. The standard InChI is InChI=1S/C18H18ClN5O/c1-2-16-20-9-11(10-21-16)18(25)24-7-3-4-15(24)17-22-13-6-5-12(19)8-14(13)23-17/h5-6,8-10,15H,2-4,7H2,1H3,(H,22,23). The summed E-state index contributed by atoms with van der Waals surface area (Å²) in [5, 5.41) is 0.662. The van der Waals surface area contributed by atoms with E-state index in [-0.39, 0.29) is 11.9 Å². The number of H-pyrrole nitrogens is 1. The van der Waals surface area contributed by atoms with Gasteiger partial charge in [-0.1, -0.05) is 18.5 Å². The van der Waals surface area contributed by atoms with Crippen molar-refractivity contribution in [1.82, 2.24) is 24.8 Å². The molecule has 6 nitrogen and oxygen atoms in total. The first-order chi connectivity index (χ1) is 12.2. The Morgan fingerprint density at radius 3 is 2.92 bits per heavy atom. The molecule has 0 bridgehead atoms. The average molecular weight is 356 g/mol. The van der Waals surface area contributed by atoms with E-state index in [2.05, 4.69) is 19.9 Å². The number of imidazole rings is 1. The number of halogens is 1. The first kappa shape index (κ1) is 16.0. The Bertz CT molecular complexity index is 921. The molecule has 4 rings (SSSR count). The zero-order chi connectivity index (χ0) is 17.4. The third kappa shape index (κ3) is 2.98. The normalized spacial score (nSPS) is 17.4. The van der Waals surface area contributed by atoms with Crippen LogP contribution >= 0.6 is 11.6 Å². The van der Waals surface area contributed by atoms with Gasteiger partial charge in [-0.3, -0.25) is 4.79 Å². The fraction of sp³-hybridized carbons (Fsp3) is 0.333. The molecule has 1 amide bonds. The van der Waals surface area contributed by atoms with Crippen molar-refractivity contribution in [1.29, 1.82) is 0 Å². The summed E-state index contributed by atoms with van der Waals surface area (Å²) in [4.78, 5) is 31.2. The van der Waals surface area contributed by atoms with Crippen LogP contribution < -0.4 is 0 Å². The smallest absolute Gasteiger partial charge is 0.257 e. The maximum Gasteiger partial charge on any atom is 0.257 e. The zero-order valence-corrected chi connectivity index (χ0v) is 14.6. The SMILES string of the molecule is CCc1ncc(C(=O)N2CCCC2c2nc3ccc(Cl)cc3[nH]2)cn1. The molecule has 1 saturated heterocycles. The molecule has 25 heavy (non-hydrogen) atoms. The van der Waals surface area contributed by atoms with E-state index >= 15 is 0 Å². The van der Waals surface area contributed by atoms with Crippen LogP contribution in [0, 0.1) is 0 Å². The molecule has 1 atom stereocenters. The van der Waals surface area contributed by atoms with Crippen molar-refractivity contribution in [2.24, 2.45) is 0 Å². The molecule has 0 aliphatic carbocycles. The van der Waals surface area contributed by atoms with Gasteiger partial charge in [-0.25, -0.2) is 15.0 Å². The predicted molar refractivity (Wildman–Crippen MR) is 95.5 cm³/mol. The van der Waals surface area contributed by atoms with Crippen LogP contribution in [0.1, 0.15) is 47.8 Å². The van der Waals surface area contributed by atoms with Crippen LogP contribution in [0.5, 0.6) is 0 Å². The number of rotatable bonds is 3. The third-order valence-corrected chi connectivity index (χ3v) is 4.80. The fourth-order valence-electron chi connectivity index (χ4n) is 3.27. The van der Waals surface area contributed by atoms with Crippen LogP contribution in [-0.2, 0) is 6.42 Å². The van der Waals surface area contributed by atoms with Crippen LogP contribution in [0.25, 0.3) is 11.0 Å². The minimum atomic E-state index is -0.0653. The Hall–Kier alpha value is -2.47. The molecule has 3 heterocycles. The van der Waals surface area contributed by atoms with E-state index in [4.69, 9.17) is 11.6 Å². The molecule has 2 aromatic heterocycles. The molecule has 128 valence electrons. The lowest BCUT2D eigenvalue weighted by Crippen LogP contribution is -2.31. The quantitative estimate of drug-likeness (QED) is 0.779. The van der Waals surface area contributed by atoms with Gasteiger partial charge in [-0.15, -0.1) is 0 Å². The lowest BCUT2D eigenvalue weighted by Gasteiger charge is -2.23. The van der Waals surface area contributed by atoms with Crippen molar-refractivity contribution in [2.75, 3.05) is 6.54 Å². The topological polar surface area (TPSA) is 74.8 Å². The molecule has 1 fully saturated rings. The van der Waals surface area contributed by atoms with E-state index in [9.17, 15) is 4.79 Å². The number of likely N-dealkylation sites (tertiary alicyclic amines) is 1. The maximum atomic E-state index is 12.9. The minimum absolute atomic E-state index is 0.0522. The molecular formula is C18H18ClN5O. The number of carbonyl (C=O) groups is 1. The van der Waals surface area contributed by atoms with Gasteiger partial charge in [0.1, 0.15) is 11.6 Å². The number of nitrogens with one attached hydrogen (secondary N) is 1. The summed E-state index contributed by atoms with van der Waals surface area (Å²) in [6.45, 7) is 2.69. The molecule has 1 aliphatic rings. The van der Waals surface area contributed by atoms with Gasteiger partial charge in [0, 0.05) is 30.4 Å². The summed E-state index contributed by atoms with van der Waals surface area (Å²) in [6, 6.07) is 5.49. The van der Waals surface area contributed by atoms with E-state index in [0.717, 1.165) is 41.9 Å². The highest BCUT2D eigenvalue weighted by atomic mass is 35.5. The van der Waals surface area contributed by atoms with E-state index in [0.29, 0.717) is 17.1 Å². The third-order valence-electron chi connectivity index (χ3n) is 4.56. The molecular weight excluding hydrogens is 338 g/mol. The largest absolute Gasteiger partial charge is 0.340 e. The Morgan fingerprint density at radius 1 is 1.36 bits per heavy atom. The van der Waals surface area contributed by atoms with Crippen molar-refractivity contribution < 1.29 is 4.79 Å². The number of nitrogens with zero attached hydrogens (tertiary/aromatic N) is 4. The van der Waals surface area contributed by atoms with Crippen LogP contribution in [0.4, 0.5) is 0 Å². The van der Waals surface area contributed by atoms with Crippen molar-refractivity contribution in [2.45, 2.75) is 32.2 Å².